The number of nitrogens with zero attached hydrogens (tertiary/aromatic N) is 3. The summed E-state index contributed by atoms with van der Waals surface area (Å²) in [6.07, 6.45) is 0.836. The summed E-state index contributed by atoms with van der Waals surface area (Å²) in [4.78, 5) is 6.90. The second-order valence-corrected chi connectivity index (χ2v) is 5.60. The number of ether oxygens (including phenoxy) is 2. The van der Waals surface area contributed by atoms with Crippen molar-refractivity contribution in [3.63, 3.8) is 0 Å². The normalized spacial score (nSPS) is 17.1. The molecule has 1 atom stereocenters. The quantitative estimate of drug-likeness (QED) is 0.817. The molecule has 124 valence electrons. The lowest BCUT2D eigenvalue weighted by atomic mass is 10.1. The SMILES string of the molecule is COc1ccc([C@H](N)c2n[nH]c(CCN3CCOCC3)n2)cc1. The first kappa shape index (κ1) is 15.9. The summed E-state index contributed by atoms with van der Waals surface area (Å²) in [5.74, 6) is 2.30. The number of rotatable bonds is 6. The lowest BCUT2D eigenvalue weighted by molar-refractivity contribution is 0.0382. The molecule has 0 spiro atoms. The highest BCUT2D eigenvalue weighted by molar-refractivity contribution is 5.31. The number of aromatic amines is 1. The van der Waals surface area contributed by atoms with E-state index in [1.54, 1.807) is 7.11 Å². The van der Waals surface area contributed by atoms with Crippen molar-refractivity contribution in [2.24, 2.45) is 5.73 Å². The van der Waals surface area contributed by atoms with Crippen LogP contribution in [0.5, 0.6) is 5.75 Å². The molecule has 1 fully saturated rings. The van der Waals surface area contributed by atoms with Gasteiger partial charge in [0.2, 0.25) is 0 Å². The third-order valence-corrected chi connectivity index (χ3v) is 4.07. The Balaban J connectivity index is 1.58. The summed E-state index contributed by atoms with van der Waals surface area (Å²) < 4.78 is 10.5. The van der Waals surface area contributed by atoms with Crippen LogP contribution < -0.4 is 10.5 Å². The number of methoxy groups -OCH3 is 1. The van der Waals surface area contributed by atoms with E-state index in [2.05, 4.69) is 20.1 Å². The van der Waals surface area contributed by atoms with Gasteiger partial charge in [-0.15, -0.1) is 0 Å². The van der Waals surface area contributed by atoms with Crippen LogP contribution in [0, 0.1) is 0 Å². The summed E-state index contributed by atoms with van der Waals surface area (Å²) in [6, 6.07) is 7.32. The highest BCUT2D eigenvalue weighted by Crippen LogP contribution is 2.19. The van der Waals surface area contributed by atoms with Gasteiger partial charge in [-0.3, -0.25) is 10.00 Å². The van der Waals surface area contributed by atoms with Crippen LogP contribution in [-0.2, 0) is 11.2 Å². The second kappa shape index (κ2) is 7.54. The third kappa shape index (κ3) is 4.07. The largest absolute Gasteiger partial charge is 0.497 e. The molecular weight excluding hydrogens is 294 g/mol. The molecule has 1 aromatic carbocycles. The monoisotopic (exact) mass is 317 g/mol. The molecule has 0 amide bonds. The first-order valence-corrected chi connectivity index (χ1v) is 7.87. The zero-order chi connectivity index (χ0) is 16.1. The molecule has 1 aliphatic rings. The number of aromatic nitrogens is 3. The Morgan fingerprint density at radius 2 is 2.04 bits per heavy atom. The average molecular weight is 317 g/mol. The fraction of sp³-hybridized carbons (Fsp3) is 0.500. The van der Waals surface area contributed by atoms with E-state index in [1.165, 1.54) is 0 Å². The van der Waals surface area contributed by atoms with Crippen LogP contribution in [0.2, 0.25) is 0 Å². The van der Waals surface area contributed by atoms with Crippen molar-refractivity contribution in [2.45, 2.75) is 12.5 Å². The van der Waals surface area contributed by atoms with Gasteiger partial charge in [0.1, 0.15) is 11.6 Å². The van der Waals surface area contributed by atoms with Crippen molar-refractivity contribution in [1.29, 1.82) is 0 Å². The predicted molar refractivity (Wildman–Crippen MR) is 86.4 cm³/mol. The van der Waals surface area contributed by atoms with Gasteiger partial charge in [-0.05, 0) is 17.7 Å². The van der Waals surface area contributed by atoms with Gasteiger partial charge in [-0.1, -0.05) is 12.1 Å². The maximum absolute atomic E-state index is 6.25. The van der Waals surface area contributed by atoms with E-state index in [0.29, 0.717) is 5.82 Å². The average Bonchev–Trinajstić information content (AvgIpc) is 3.09. The molecule has 2 aromatic rings. The Morgan fingerprint density at radius 1 is 1.30 bits per heavy atom. The topological polar surface area (TPSA) is 89.3 Å². The Morgan fingerprint density at radius 3 is 2.74 bits per heavy atom. The first-order valence-electron chi connectivity index (χ1n) is 7.87. The summed E-state index contributed by atoms with van der Waals surface area (Å²) in [5.41, 5.74) is 7.21. The van der Waals surface area contributed by atoms with Gasteiger partial charge in [-0.25, -0.2) is 4.98 Å². The maximum atomic E-state index is 6.25. The molecule has 1 saturated heterocycles. The molecule has 0 bridgehead atoms. The molecule has 3 N–H and O–H groups in total. The molecule has 0 radical (unpaired) electrons. The summed E-state index contributed by atoms with van der Waals surface area (Å²) in [7, 11) is 1.64. The fourth-order valence-electron chi connectivity index (χ4n) is 2.61. The van der Waals surface area contributed by atoms with Crippen LogP contribution in [0.25, 0.3) is 0 Å². The third-order valence-electron chi connectivity index (χ3n) is 4.07. The minimum atomic E-state index is -0.339. The van der Waals surface area contributed by atoms with E-state index >= 15 is 0 Å². The molecule has 1 aliphatic heterocycles. The van der Waals surface area contributed by atoms with Crippen molar-refractivity contribution in [2.75, 3.05) is 40.0 Å². The minimum absolute atomic E-state index is 0.339. The van der Waals surface area contributed by atoms with Crippen LogP contribution >= 0.6 is 0 Å². The van der Waals surface area contributed by atoms with E-state index in [9.17, 15) is 0 Å². The van der Waals surface area contributed by atoms with Crippen LogP contribution in [0.4, 0.5) is 0 Å². The van der Waals surface area contributed by atoms with Crippen LogP contribution in [0.1, 0.15) is 23.3 Å². The van der Waals surface area contributed by atoms with E-state index in [-0.39, 0.29) is 6.04 Å². The van der Waals surface area contributed by atoms with Crippen molar-refractivity contribution in [3.05, 3.63) is 41.5 Å². The smallest absolute Gasteiger partial charge is 0.171 e. The molecule has 7 heteroatoms. The highest BCUT2D eigenvalue weighted by atomic mass is 16.5. The molecule has 0 unspecified atom stereocenters. The molecule has 7 nitrogen and oxygen atoms in total. The number of nitrogens with two attached hydrogens (primary N) is 1. The van der Waals surface area contributed by atoms with E-state index < -0.39 is 0 Å². The minimum Gasteiger partial charge on any atom is -0.497 e. The van der Waals surface area contributed by atoms with Gasteiger partial charge < -0.3 is 15.2 Å². The van der Waals surface area contributed by atoms with Crippen molar-refractivity contribution in [3.8, 4) is 5.75 Å². The number of benzene rings is 1. The Bertz CT molecular complexity index is 607. The Hall–Kier alpha value is -1.96. The Kier molecular flexibility index (Phi) is 5.22. The lowest BCUT2D eigenvalue weighted by Crippen LogP contribution is -2.37. The van der Waals surface area contributed by atoms with Gasteiger partial charge in [0, 0.05) is 26.1 Å². The van der Waals surface area contributed by atoms with E-state index in [4.69, 9.17) is 15.2 Å². The van der Waals surface area contributed by atoms with Crippen molar-refractivity contribution in [1.82, 2.24) is 20.1 Å². The summed E-state index contributed by atoms with van der Waals surface area (Å²) in [5, 5.41) is 7.26. The standard InChI is InChI=1S/C16H23N5O2/c1-22-13-4-2-12(3-5-13)15(17)16-18-14(19-20-16)6-7-21-8-10-23-11-9-21/h2-5,15H,6-11,17H2,1H3,(H,18,19,20)/t15-/m0/s1. The second-order valence-electron chi connectivity index (χ2n) is 5.60. The number of hydrogen-bond acceptors (Lipinski definition) is 6. The number of hydrogen-bond donors (Lipinski definition) is 2. The molecule has 0 aliphatic carbocycles. The van der Waals surface area contributed by atoms with Crippen molar-refractivity contribution < 1.29 is 9.47 Å². The highest BCUT2D eigenvalue weighted by Gasteiger charge is 2.16. The fourth-order valence-corrected chi connectivity index (χ4v) is 2.61. The van der Waals surface area contributed by atoms with Crippen LogP contribution in [0.15, 0.2) is 24.3 Å². The Labute approximate surface area is 135 Å². The van der Waals surface area contributed by atoms with Crippen molar-refractivity contribution >= 4 is 0 Å². The van der Waals surface area contributed by atoms with E-state index in [0.717, 1.165) is 56.4 Å². The zero-order valence-electron chi connectivity index (χ0n) is 13.4. The number of morpholine rings is 1. The molecule has 23 heavy (non-hydrogen) atoms. The maximum Gasteiger partial charge on any atom is 0.171 e. The number of nitrogens with one attached hydrogen (secondary N) is 1. The van der Waals surface area contributed by atoms with Crippen LogP contribution in [-0.4, -0.2) is 60.0 Å². The molecule has 2 heterocycles. The van der Waals surface area contributed by atoms with Gasteiger partial charge >= 0.3 is 0 Å². The molecule has 1 aromatic heterocycles. The van der Waals surface area contributed by atoms with Gasteiger partial charge in [0.15, 0.2) is 5.82 Å². The van der Waals surface area contributed by atoms with Gasteiger partial charge in [0.25, 0.3) is 0 Å². The summed E-state index contributed by atoms with van der Waals surface area (Å²) >= 11 is 0. The summed E-state index contributed by atoms with van der Waals surface area (Å²) in [6.45, 7) is 4.53. The molecular formula is C16H23N5O2. The predicted octanol–water partition coefficient (Wildman–Crippen LogP) is 0.736. The first-order chi connectivity index (χ1) is 11.3. The van der Waals surface area contributed by atoms with Gasteiger partial charge in [-0.2, -0.15) is 5.10 Å². The zero-order valence-corrected chi connectivity index (χ0v) is 13.4. The lowest BCUT2D eigenvalue weighted by Gasteiger charge is -2.25. The molecule has 0 saturated carbocycles. The number of H-pyrrole nitrogens is 1. The van der Waals surface area contributed by atoms with Crippen LogP contribution in [0.3, 0.4) is 0 Å². The molecule has 3 rings (SSSR count). The van der Waals surface area contributed by atoms with E-state index in [1.807, 2.05) is 24.3 Å². The van der Waals surface area contributed by atoms with Gasteiger partial charge in [0.05, 0.1) is 26.4 Å².